The maximum absolute atomic E-state index is 12.8. The summed E-state index contributed by atoms with van der Waals surface area (Å²) in [4.78, 5) is 0. The number of halogens is 3. The summed E-state index contributed by atoms with van der Waals surface area (Å²) in [6.45, 7) is 3.99. The third-order valence-corrected chi connectivity index (χ3v) is 2.91. The highest BCUT2D eigenvalue weighted by Crippen LogP contribution is 2.32. The Bertz CT molecular complexity index is 602. The van der Waals surface area contributed by atoms with Crippen LogP contribution in [-0.4, -0.2) is 14.8 Å². The van der Waals surface area contributed by atoms with E-state index >= 15 is 0 Å². The molecule has 2 N–H and O–H groups in total. The normalized spacial score (nSPS) is 12.2. The lowest BCUT2D eigenvalue weighted by molar-refractivity contribution is -0.137. The van der Waals surface area contributed by atoms with Gasteiger partial charge in [0.25, 0.3) is 0 Å². The minimum Gasteiger partial charge on any atom is -0.324 e. The van der Waals surface area contributed by atoms with Gasteiger partial charge in [-0.2, -0.15) is 13.2 Å². The molecule has 20 heavy (non-hydrogen) atoms. The van der Waals surface area contributed by atoms with Crippen molar-refractivity contribution in [3.8, 4) is 11.4 Å². The van der Waals surface area contributed by atoms with Crippen LogP contribution in [-0.2, 0) is 12.7 Å². The van der Waals surface area contributed by atoms with E-state index < -0.39 is 11.7 Å². The molecule has 0 aliphatic heterocycles. The predicted molar refractivity (Wildman–Crippen MR) is 68.7 cm³/mol. The molecule has 1 aromatic heterocycles. The van der Waals surface area contributed by atoms with Gasteiger partial charge >= 0.3 is 6.18 Å². The summed E-state index contributed by atoms with van der Waals surface area (Å²) >= 11 is 0. The molecule has 0 amide bonds. The molecule has 0 atom stereocenters. The van der Waals surface area contributed by atoms with E-state index in [2.05, 4.69) is 10.2 Å². The largest absolute Gasteiger partial charge is 0.416 e. The van der Waals surface area contributed by atoms with E-state index in [1.165, 1.54) is 6.07 Å². The van der Waals surface area contributed by atoms with Gasteiger partial charge in [-0.3, -0.25) is 0 Å². The second-order valence-corrected chi connectivity index (χ2v) is 4.69. The van der Waals surface area contributed by atoms with Gasteiger partial charge in [-0.05, 0) is 26.0 Å². The summed E-state index contributed by atoms with van der Waals surface area (Å²) in [5.41, 5.74) is 5.25. The van der Waals surface area contributed by atoms with Gasteiger partial charge in [0.2, 0.25) is 0 Å². The summed E-state index contributed by atoms with van der Waals surface area (Å²) in [6, 6.07) is 5.05. The van der Waals surface area contributed by atoms with Crippen molar-refractivity contribution in [2.75, 3.05) is 0 Å². The third kappa shape index (κ3) is 2.67. The molecule has 0 aliphatic carbocycles. The van der Waals surface area contributed by atoms with Gasteiger partial charge in [0.15, 0.2) is 5.82 Å². The van der Waals surface area contributed by atoms with Crippen molar-refractivity contribution in [1.82, 2.24) is 14.8 Å². The van der Waals surface area contributed by atoms with Crippen molar-refractivity contribution >= 4 is 0 Å². The van der Waals surface area contributed by atoms with Crippen molar-refractivity contribution in [2.24, 2.45) is 5.73 Å². The summed E-state index contributed by atoms with van der Waals surface area (Å²) in [6.07, 6.45) is -4.38. The van der Waals surface area contributed by atoms with Crippen LogP contribution in [0.25, 0.3) is 11.4 Å². The van der Waals surface area contributed by atoms with E-state index in [4.69, 9.17) is 5.73 Å². The first kappa shape index (κ1) is 14.5. The third-order valence-electron chi connectivity index (χ3n) is 2.91. The first-order chi connectivity index (χ1) is 9.34. The molecule has 0 saturated carbocycles. The topological polar surface area (TPSA) is 56.7 Å². The van der Waals surface area contributed by atoms with Gasteiger partial charge in [0.1, 0.15) is 5.82 Å². The molecule has 0 unspecified atom stereocenters. The van der Waals surface area contributed by atoms with Gasteiger partial charge in [0, 0.05) is 11.6 Å². The fourth-order valence-electron chi connectivity index (χ4n) is 2.04. The van der Waals surface area contributed by atoms with Crippen molar-refractivity contribution in [3.63, 3.8) is 0 Å². The Hall–Kier alpha value is -1.89. The molecule has 1 heterocycles. The molecule has 1 aromatic carbocycles. The summed E-state index contributed by atoms with van der Waals surface area (Å²) < 4.78 is 40.0. The lowest BCUT2D eigenvalue weighted by Crippen LogP contribution is -2.12. The zero-order valence-electron chi connectivity index (χ0n) is 11.1. The van der Waals surface area contributed by atoms with E-state index in [0.29, 0.717) is 17.2 Å². The second kappa shape index (κ2) is 5.24. The van der Waals surface area contributed by atoms with Crippen molar-refractivity contribution < 1.29 is 13.2 Å². The summed E-state index contributed by atoms with van der Waals surface area (Å²) in [5, 5.41) is 7.90. The minimum absolute atomic E-state index is 0.00749. The van der Waals surface area contributed by atoms with Gasteiger partial charge in [0.05, 0.1) is 12.1 Å². The lowest BCUT2D eigenvalue weighted by atomic mass is 10.1. The van der Waals surface area contributed by atoms with Crippen LogP contribution in [0.4, 0.5) is 13.2 Å². The van der Waals surface area contributed by atoms with Gasteiger partial charge < -0.3 is 10.3 Å². The van der Waals surface area contributed by atoms with E-state index in [0.717, 1.165) is 12.1 Å². The standard InChI is InChI=1S/C13H15F3N4/c1-8(2)20-11(7-17)18-19-12(20)9-4-3-5-10(6-9)13(14,15)16/h3-6,8H,7,17H2,1-2H3. The Morgan fingerprint density at radius 2 is 1.95 bits per heavy atom. The number of nitrogens with two attached hydrogens (primary N) is 1. The average molecular weight is 284 g/mol. The van der Waals surface area contributed by atoms with Crippen LogP contribution in [0.15, 0.2) is 24.3 Å². The van der Waals surface area contributed by atoms with E-state index in [9.17, 15) is 13.2 Å². The number of benzene rings is 1. The highest BCUT2D eigenvalue weighted by Gasteiger charge is 2.31. The summed E-state index contributed by atoms with van der Waals surface area (Å²) in [7, 11) is 0. The smallest absolute Gasteiger partial charge is 0.324 e. The van der Waals surface area contributed by atoms with Crippen molar-refractivity contribution in [3.05, 3.63) is 35.7 Å². The Labute approximate surface area is 114 Å². The van der Waals surface area contributed by atoms with Gasteiger partial charge in [-0.1, -0.05) is 12.1 Å². The molecule has 0 radical (unpaired) electrons. The van der Waals surface area contributed by atoms with E-state index in [-0.39, 0.29) is 12.6 Å². The molecule has 7 heteroatoms. The highest BCUT2D eigenvalue weighted by molar-refractivity contribution is 5.57. The molecular formula is C13H15F3N4. The van der Waals surface area contributed by atoms with Crippen molar-refractivity contribution in [2.45, 2.75) is 32.6 Å². The maximum Gasteiger partial charge on any atom is 0.416 e. The monoisotopic (exact) mass is 284 g/mol. The Kier molecular flexibility index (Phi) is 3.80. The molecule has 108 valence electrons. The zero-order chi connectivity index (χ0) is 14.9. The number of alkyl halides is 3. The van der Waals surface area contributed by atoms with Crippen LogP contribution in [0.2, 0.25) is 0 Å². The number of rotatable bonds is 3. The van der Waals surface area contributed by atoms with E-state index in [1.807, 2.05) is 13.8 Å². The maximum atomic E-state index is 12.8. The molecule has 0 aliphatic rings. The second-order valence-electron chi connectivity index (χ2n) is 4.69. The summed E-state index contributed by atoms with van der Waals surface area (Å²) in [5.74, 6) is 0.943. The molecule has 4 nitrogen and oxygen atoms in total. The van der Waals surface area contributed by atoms with E-state index in [1.54, 1.807) is 10.6 Å². The molecule has 0 fully saturated rings. The molecule has 0 saturated heterocycles. The Balaban J connectivity index is 2.55. The number of hydrogen-bond donors (Lipinski definition) is 1. The predicted octanol–water partition coefficient (Wildman–Crippen LogP) is 3.00. The fourth-order valence-corrected chi connectivity index (χ4v) is 2.04. The molecular weight excluding hydrogens is 269 g/mol. The SMILES string of the molecule is CC(C)n1c(CN)nnc1-c1cccc(C(F)(F)F)c1. The van der Waals surface area contributed by atoms with Crippen molar-refractivity contribution in [1.29, 1.82) is 0 Å². The number of hydrogen-bond acceptors (Lipinski definition) is 3. The van der Waals surface area contributed by atoms with Gasteiger partial charge in [-0.25, -0.2) is 0 Å². The first-order valence-electron chi connectivity index (χ1n) is 6.16. The van der Waals surface area contributed by atoms with Crippen LogP contribution in [0.3, 0.4) is 0 Å². The lowest BCUT2D eigenvalue weighted by Gasteiger charge is -2.14. The Morgan fingerprint density at radius 1 is 1.25 bits per heavy atom. The first-order valence-corrected chi connectivity index (χ1v) is 6.16. The minimum atomic E-state index is -4.38. The quantitative estimate of drug-likeness (QED) is 0.942. The van der Waals surface area contributed by atoms with Crippen LogP contribution >= 0.6 is 0 Å². The van der Waals surface area contributed by atoms with Crippen LogP contribution < -0.4 is 5.73 Å². The Morgan fingerprint density at radius 3 is 2.50 bits per heavy atom. The molecule has 2 rings (SSSR count). The molecule has 0 spiro atoms. The number of aromatic nitrogens is 3. The van der Waals surface area contributed by atoms with Crippen LogP contribution in [0.1, 0.15) is 31.3 Å². The van der Waals surface area contributed by atoms with Crippen LogP contribution in [0, 0.1) is 0 Å². The average Bonchev–Trinajstić information content (AvgIpc) is 2.81. The highest BCUT2D eigenvalue weighted by atomic mass is 19.4. The fraction of sp³-hybridized carbons (Fsp3) is 0.385. The molecule has 0 bridgehead atoms. The molecule has 2 aromatic rings. The zero-order valence-corrected chi connectivity index (χ0v) is 11.1. The number of nitrogens with zero attached hydrogens (tertiary/aromatic N) is 3. The van der Waals surface area contributed by atoms with Crippen LogP contribution in [0.5, 0.6) is 0 Å². The van der Waals surface area contributed by atoms with Gasteiger partial charge in [-0.15, -0.1) is 10.2 Å².